The zero-order chi connectivity index (χ0) is 16.7. The summed E-state index contributed by atoms with van der Waals surface area (Å²) in [5.74, 6) is 1.95. The molecule has 0 aliphatic heterocycles. The monoisotopic (exact) mass is 447 g/mol. The van der Waals surface area contributed by atoms with Crippen LogP contribution in [0.4, 0.5) is 0 Å². The molecule has 0 amide bonds. The normalized spacial score (nSPS) is 13.9. The third kappa shape index (κ3) is 6.16. The van der Waals surface area contributed by atoms with Gasteiger partial charge in [0, 0.05) is 25.5 Å². The summed E-state index contributed by atoms with van der Waals surface area (Å²) in [5, 5.41) is 21.1. The molecule has 2 heterocycles. The van der Waals surface area contributed by atoms with Gasteiger partial charge in [-0.3, -0.25) is 4.68 Å². The van der Waals surface area contributed by atoms with E-state index in [9.17, 15) is 5.11 Å². The van der Waals surface area contributed by atoms with E-state index in [2.05, 4.69) is 20.7 Å². The molecule has 0 radical (unpaired) electrons. The Labute approximate surface area is 159 Å². The van der Waals surface area contributed by atoms with Gasteiger partial charge in [-0.05, 0) is 39.0 Å². The lowest BCUT2D eigenvalue weighted by molar-refractivity contribution is 0.0428. The van der Waals surface area contributed by atoms with E-state index in [1.54, 1.807) is 19.2 Å². The van der Waals surface area contributed by atoms with E-state index in [-0.39, 0.29) is 30.5 Å². The van der Waals surface area contributed by atoms with Crippen LogP contribution in [-0.2, 0) is 12.1 Å². The summed E-state index contributed by atoms with van der Waals surface area (Å²) >= 11 is 0. The number of halogens is 1. The largest absolute Gasteiger partial charge is 0.463 e. The molecule has 2 aromatic rings. The van der Waals surface area contributed by atoms with Crippen molar-refractivity contribution in [2.24, 2.45) is 4.99 Å². The predicted octanol–water partition coefficient (Wildman–Crippen LogP) is 1.87. The molecular formula is C16H26IN5O2. The van der Waals surface area contributed by atoms with Gasteiger partial charge in [-0.15, -0.1) is 24.0 Å². The average Bonchev–Trinajstić information content (AvgIpc) is 3.16. The summed E-state index contributed by atoms with van der Waals surface area (Å²) in [6.45, 7) is 7.93. The van der Waals surface area contributed by atoms with E-state index in [4.69, 9.17) is 4.42 Å². The topological polar surface area (TPSA) is 87.6 Å². The molecule has 0 aliphatic rings. The van der Waals surface area contributed by atoms with Crippen LogP contribution < -0.4 is 10.6 Å². The zero-order valence-corrected chi connectivity index (χ0v) is 16.7. The lowest BCUT2D eigenvalue weighted by atomic mass is 10.0. The fourth-order valence-electron chi connectivity index (χ4n) is 2.10. The predicted molar refractivity (Wildman–Crippen MR) is 105 cm³/mol. The highest BCUT2D eigenvalue weighted by Crippen LogP contribution is 2.22. The van der Waals surface area contributed by atoms with Crippen LogP contribution in [0.3, 0.4) is 0 Å². The first-order chi connectivity index (χ1) is 11.0. The number of aliphatic imine (C=N–C) groups is 1. The summed E-state index contributed by atoms with van der Waals surface area (Å²) in [6.07, 6.45) is 3.66. The van der Waals surface area contributed by atoms with Crippen molar-refractivity contribution in [1.82, 2.24) is 20.4 Å². The summed E-state index contributed by atoms with van der Waals surface area (Å²) in [5.41, 5.74) is -1.14. The Morgan fingerprint density at radius 3 is 2.79 bits per heavy atom. The molecule has 3 N–H and O–H groups in total. The number of rotatable bonds is 7. The molecule has 2 aromatic heterocycles. The van der Waals surface area contributed by atoms with Crippen LogP contribution >= 0.6 is 24.0 Å². The number of hydrogen-bond donors (Lipinski definition) is 3. The highest BCUT2D eigenvalue weighted by atomic mass is 127. The van der Waals surface area contributed by atoms with Crippen LogP contribution in [0.2, 0.25) is 0 Å². The first kappa shape index (κ1) is 20.5. The van der Waals surface area contributed by atoms with Crippen LogP contribution in [-0.4, -0.2) is 40.5 Å². The third-order valence-corrected chi connectivity index (χ3v) is 3.35. The highest BCUT2D eigenvalue weighted by Gasteiger charge is 2.26. The highest BCUT2D eigenvalue weighted by molar-refractivity contribution is 14.0. The number of nitrogens with zero attached hydrogens (tertiary/aromatic N) is 3. The summed E-state index contributed by atoms with van der Waals surface area (Å²) in [4.78, 5) is 4.44. The molecule has 1 atom stereocenters. The van der Waals surface area contributed by atoms with Gasteiger partial charge in [0.15, 0.2) is 5.96 Å². The second-order valence-corrected chi connectivity index (χ2v) is 5.58. The van der Waals surface area contributed by atoms with Gasteiger partial charge < -0.3 is 20.2 Å². The van der Waals surface area contributed by atoms with Gasteiger partial charge in [0.1, 0.15) is 17.1 Å². The zero-order valence-electron chi connectivity index (χ0n) is 14.3. The Balaban J connectivity index is 0.00000288. The van der Waals surface area contributed by atoms with Gasteiger partial charge in [0.25, 0.3) is 0 Å². The molecule has 0 fully saturated rings. The third-order valence-electron chi connectivity index (χ3n) is 3.35. The van der Waals surface area contributed by atoms with E-state index in [1.165, 1.54) is 0 Å². The Hall–Kier alpha value is -1.55. The smallest absolute Gasteiger partial charge is 0.191 e. The van der Waals surface area contributed by atoms with Crippen LogP contribution in [0.25, 0.3) is 0 Å². The number of guanidine groups is 1. The van der Waals surface area contributed by atoms with Crippen molar-refractivity contribution in [3.05, 3.63) is 42.1 Å². The van der Waals surface area contributed by atoms with E-state index in [0.717, 1.165) is 18.8 Å². The minimum absolute atomic E-state index is 0. The molecule has 0 saturated heterocycles. The van der Waals surface area contributed by atoms with E-state index in [0.29, 0.717) is 18.3 Å². The van der Waals surface area contributed by atoms with Gasteiger partial charge >= 0.3 is 0 Å². The quantitative estimate of drug-likeness (QED) is 0.343. The molecule has 7 nitrogen and oxygen atoms in total. The van der Waals surface area contributed by atoms with Crippen LogP contribution in [0, 0.1) is 6.92 Å². The number of nitrogens with one attached hydrogen (secondary N) is 2. The van der Waals surface area contributed by atoms with Gasteiger partial charge in [-0.25, -0.2) is 4.99 Å². The Bertz CT molecular complexity index is 622. The first-order valence-corrected chi connectivity index (χ1v) is 7.80. The molecule has 0 aliphatic carbocycles. The minimum Gasteiger partial charge on any atom is -0.463 e. The lowest BCUT2D eigenvalue weighted by Crippen LogP contribution is -2.40. The van der Waals surface area contributed by atoms with Gasteiger partial charge in [0.2, 0.25) is 0 Å². The van der Waals surface area contributed by atoms with Gasteiger partial charge in [-0.1, -0.05) is 0 Å². The molecule has 0 aromatic carbocycles. The standard InChI is InChI=1S/C16H25N5O2.HI/c1-4-17-15(18-9-11-21-10-5-8-20-21)19-12-16(3,22)14-7-6-13(2)23-14;/h5-8,10,22H,4,9,11-12H2,1-3H3,(H2,17,18,19);1H. The minimum atomic E-state index is -1.14. The molecule has 0 spiro atoms. The molecule has 0 saturated carbocycles. The molecule has 134 valence electrons. The van der Waals surface area contributed by atoms with Crippen molar-refractivity contribution < 1.29 is 9.52 Å². The fourth-order valence-corrected chi connectivity index (χ4v) is 2.10. The maximum atomic E-state index is 10.5. The second kappa shape index (κ2) is 9.67. The Kier molecular flexibility index (Phi) is 8.26. The Morgan fingerprint density at radius 2 is 2.21 bits per heavy atom. The number of hydrogen-bond acceptors (Lipinski definition) is 4. The molecule has 2 rings (SSSR count). The SMILES string of the molecule is CCNC(=NCC(C)(O)c1ccc(C)o1)NCCn1cccn1.I. The van der Waals surface area contributed by atoms with Crippen LogP contribution in [0.1, 0.15) is 25.4 Å². The molecule has 0 bridgehead atoms. The van der Waals surface area contributed by atoms with Crippen LogP contribution in [0.5, 0.6) is 0 Å². The number of aliphatic hydroxyl groups is 1. The molecule has 1 unspecified atom stereocenters. The number of furan rings is 1. The van der Waals surface area contributed by atoms with Crippen molar-refractivity contribution >= 4 is 29.9 Å². The van der Waals surface area contributed by atoms with E-state index in [1.807, 2.05) is 36.9 Å². The van der Waals surface area contributed by atoms with Crippen molar-refractivity contribution in [3.8, 4) is 0 Å². The number of aryl methyl sites for hydroxylation is 1. The van der Waals surface area contributed by atoms with Crippen LogP contribution in [0.15, 0.2) is 40.0 Å². The molecule has 8 heteroatoms. The van der Waals surface area contributed by atoms with Crippen molar-refractivity contribution in [3.63, 3.8) is 0 Å². The van der Waals surface area contributed by atoms with Crippen molar-refractivity contribution in [2.45, 2.75) is 32.9 Å². The molecule has 24 heavy (non-hydrogen) atoms. The molecular weight excluding hydrogens is 421 g/mol. The Morgan fingerprint density at radius 1 is 1.42 bits per heavy atom. The second-order valence-electron chi connectivity index (χ2n) is 5.58. The first-order valence-electron chi connectivity index (χ1n) is 7.80. The van der Waals surface area contributed by atoms with Gasteiger partial charge in [0.05, 0.1) is 13.1 Å². The van der Waals surface area contributed by atoms with E-state index < -0.39 is 5.60 Å². The summed E-state index contributed by atoms with van der Waals surface area (Å²) in [7, 11) is 0. The maximum absolute atomic E-state index is 10.5. The van der Waals surface area contributed by atoms with E-state index >= 15 is 0 Å². The number of aromatic nitrogens is 2. The maximum Gasteiger partial charge on any atom is 0.191 e. The van der Waals surface area contributed by atoms with Crippen molar-refractivity contribution in [2.75, 3.05) is 19.6 Å². The van der Waals surface area contributed by atoms with Gasteiger partial charge in [-0.2, -0.15) is 5.10 Å². The average molecular weight is 447 g/mol. The fraction of sp³-hybridized carbons (Fsp3) is 0.500. The summed E-state index contributed by atoms with van der Waals surface area (Å²) in [6, 6.07) is 5.51. The lowest BCUT2D eigenvalue weighted by Gasteiger charge is -2.19. The van der Waals surface area contributed by atoms with Crippen molar-refractivity contribution in [1.29, 1.82) is 0 Å². The summed E-state index contributed by atoms with van der Waals surface area (Å²) < 4.78 is 7.34.